The Bertz CT molecular complexity index is 962. The van der Waals surface area contributed by atoms with E-state index in [9.17, 15) is 18.0 Å². The number of thioether (sulfide) groups is 1. The van der Waals surface area contributed by atoms with Gasteiger partial charge in [0.15, 0.2) is 0 Å². The Morgan fingerprint density at radius 1 is 1.15 bits per heavy atom. The monoisotopic (exact) mass is 457 g/mol. The fraction of sp³-hybridized carbons (Fsp3) is 0.125. The van der Waals surface area contributed by atoms with E-state index in [1.165, 1.54) is 23.1 Å². The van der Waals surface area contributed by atoms with Gasteiger partial charge in [-0.15, -0.1) is 0 Å². The molecule has 0 heterocycles. The van der Waals surface area contributed by atoms with Gasteiger partial charge < -0.3 is 10.2 Å². The van der Waals surface area contributed by atoms with E-state index in [1.807, 2.05) is 0 Å². The maximum atomic E-state index is 12.6. The summed E-state index contributed by atoms with van der Waals surface area (Å²) in [5.74, 6) is -0.535. The average Bonchev–Trinajstić information content (AvgIpc) is 2.55. The molecule has 0 unspecified atom stereocenters. The molecule has 0 saturated carbocycles. The molecule has 2 aromatic carbocycles. The highest BCUT2D eigenvalue weighted by Crippen LogP contribution is 2.30. The van der Waals surface area contributed by atoms with Crippen LogP contribution in [0.25, 0.3) is 0 Å². The predicted octanol–water partition coefficient (Wildman–Crippen LogP) is 3.12. The Morgan fingerprint density at radius 2 is 1.81 bits per heavy atom. The molecule has 0 spiro atoms. The van der Waals surface area contributed by atoms with E-state index >= 15 is 0 Å². The molecule has 0 atom stereocenters. The van der Waals surface area contributed by atoms with Gasteiger partial charge in [-0.2, -0.15) is 0 Å². The molecule has 2 amide bonds. The molecule has 0 radical (unpaired) electrons. The first-order valence-corrected chi connectivity index (χ1v) is 10.4. The van der Waals surface area contributed by atoms with Gasteiger partial charge in [-0.1, -0.05) is 12.1 Å². The molecule has 7 nitrogen and oxygen atoms in total. The molecule has 0 fully saturated rings. The third kappa shape index (κ3) is 5.07. The molecule has 10 heteroatoms. The van der Waals surface area contributed by atoms with Crippen molar-refractivity contribution in [1.82, 2.24) is 4.90 Å². The van der Waals surface area contributed by atoms with Crippen molar-refractivity contribution in [2.45, 2.75) is 9.79 Å². The van der Waals surface area contributed by atoms with Crippen molar-refractivity contribution < 1.29 is 18.0 Å². The lowest BCUT2D eigenvalue weighted by molar-refractivity contribution is 0.102. The number of rotatable bonds is 4. The number of primary sulfonamides is 1. The number of nitrogens with two attached hydrogens (primary N) is 1. The molecule has 2 aromatic rings. The number of halogens is 1. The fourth-order valence-electron chi connectivity index (χ4n) is 1.89. The van der Waals surface area contributed by atoms with E-state index in [-0.39, 0.29) is 15.7 Å². The number of nitrogens with zero attached hydrogens (tertiary/aromatic N) is 1. The topological polar surface area (TPSA) is 110 Å². The molecule has 3 N–H and O–H groups in total. The summed E-state index contributed by atoms with van der Waals surface area (Å²) in [5, 5.41) is 7.62. The van der Waals surface area contributed by atoms with E-state index in [4.69, 9.17) is 5.14 Å². The molecule has 2 rings (SSSR count). The van der Waals surface area contributed by atoms with Gasteiger partial charge in [0.25, 0.3) is 11.1 Å². The second-order valence-corrected chi connectivity index (χ2v) is 8.81. The van der Waals surface area contributed by atoms with E-state index in [2.05, 4.69) is 21.2 Å². The van der Waals surface area contributed by atoms with E-state index < -0.39 is 15.9 Å². The minimum atomic E-state index is -3.94. The van der Waals surface area contributed by atoms with Crippen LogP contribution in [-0.4, -0.2) is 38.6 Å². The largest absolute Gasteiger partial charge is 0.339 e. The number of carbonyl (C=O) groups is 2. The normalized spacial score (nSPS) is 11.1. The lowest BCUT2D eigenvalue weighted by Crippen LogP contribution is -2.18. The zero-order valence-electron chi connectivity index (χ0n) is 13.9. The van der Waals surface area contributed by atoms with Gasteiger partial charge in [0, 0.05) is 23.5 Å². The lowest BCUT2D eigenvalue weighted by Gasteiger charge is -2.14. The molecule has 0 bridgehead atoms. The molecule has 138 valence electrons. The van der Waals surface area contributed by atoms with Crippen molar-refractivity contribution in [3.63, 3.8) is 0 Å². The Hall–Kier alpha value is -1.88. The van der Waals surface area contributed by atoms with Crippen molar-refractivity contribution >= 4 is 54.5 Å². The maximum absolute atomic E-state index is 12.6. The summed E-state index contributed by atoms with van der Waals surface area (Å²) in [6.07, 6.45) is 0. The van der Waals surface area contributed by atoms with Gasteiger partial charge in [0.1, 0.15) is 0 Å². The first-order chi connectivity index (χ1) is 12.1. The lowest BCUT2D eigenvalue weighted by atomic mass is 10.2. The van der Waals surface area contributed by atoms with Crippen LogP contribution < -0.4 is 10.5 Å². The third-order valence-electron chi connectivity index (χ3n) is 3.21. The predicted molar refractivity (Wildman–Crippen MR) is 105 cm³/mol. The summed E-state index contributed by atoms with van der Waals surface area (Å²) in [7, 11) is -0.674. The molecule has 0 aliphatic carbocycles. The molecular weight excluding hydrogens is 442 g/mol. The van der Waals surface area contributed by atoms with Crippen LogP contribution >= 0.6 is 27.7 Å². The molecule has 0 aliphatic rings. The highest BCUT2D eigenvalue weighted by atomic mass is 79.9. The first kappa shape index (κ1) is 20.4. The highest BCUT2D eigenvalue weighted by Gasteiger charge is 2.18. The van der Waals surface area contributed by atoms with Crippen LogP contribution in [0.1, 0.15) is 10.4 Å². The third-order valence-corrected chi connectivity index (χ3v) is 5.93. The smallest absolute Gasteiger partial charge is 0.286 e. The van der Waals surface area contributed by atoms with E-state index in [0.29, 0.717) is 15.1 Å². The number of carbonyl (C=O) groups excluding carboxylic acids is 2. The van der Waals surface area contributed by atoms with Gasteiger partial charge in [0.05, 0.1) is 16.1 Å². The van der Waals surface area contributed by atoms with Crippen LogP contribution in [0.5, 0.6) is 0 Å². The maximum Gasteiger partial charge on any atom is 0.286 e. The Morgan fingerprint density at radius 3 is 2.42 bits per heavy atom. The van der Waals surface area contributed by atoms with Crippen LogP contribution in [0, 0.1) is 0 Å². The van der Waals surface area contributed by atoms with E-state index in [0.717, 1.165) is 11.8 Å². The van der Waals surface area contributed by atoms with Crippen LogP contribution in [0.3, 0.4) is 0 Å². The van der Waals surface area contributed by atoms with Gasteiger partial charge in [0.2, 0.25) is 10.0 Å². The average molecular weight is 458 g/mol. The fourth-order valence-corrected chi connectivity index (χ4v) is 3.60. The standard InChI is InChI=1S/C16H16BrN3O4S2/c1-20(2)16(22)25-14-6-4-3-5-13(14)19-15(21)11-9-10(26(18,23)24)7-8-12(11)17/h3-9H,1-2H3,(H,19,21)(H2,18,23,24). The molecule has 0 aliphatic heterocycles. The summed E-state index contributed by atoms with van der Waals surface area (Å²) >= 11 is 4.20. The number of hydrogen-bond acceptors (Lipinski definition) is 5. The van der Waals surface area contributed by atoms with Gasteiger partial charge in [-0.3, -0.25) is 9.59 Å². The number of sulfonamides is 1. The second-order valence-electron chi connectivity index (χ2n) is 5.40. The van der Waals surface area contributed by atoms with Crippen LogP contribution in [0.4, 0.5) is 10.5 Å². The minimum Gasteiger partial charge on any atom is -0.339 e. The molecule has 0 saturated heterocycles. The number of amides is 2. The van der Waals surface area contributed by atoms with Crippen LogP contribution in [-0.2, 0) is 10.0 Å². The Kier molecular flexibility index (Phi) is 6.45. The van der Waals surface area contributed by atoms with Crippen molar-refractivity contribution in [2.24, 2.45) is 5.14 Å². The summed E-state index contributed by atoms with van der Waals surface area (Å²) in [5.41, 5.74) is 0.542. The second kappa shape index (κ2) is 8.21. The summed E-state index contributed by atoms with van der Waals surface area (Å²) in [6, 6.07) is 10.8. The number of anilines is 1. The quantitative estimate of drug-likeness (QED) is 0.685. The van der Waals surface area contributed by atoms with Crippen molar-refractivity contribution in [3.8, 4) is 0 Å². The SMILES string of the molecule is CN(C)C(=O)Sc1ccccc1NC(=O)c1cc(S(N)(=O)=O)ccc1Br. The molecule has 0 aromatic heterocycles. The minimum absolute atomic E-state index is 0.107. The van der Waals surface area contributed by atoms with Crippen LogP contribution in [0.2, 0.25) is 0 Å². The first-order valence-electron chi connectivity index (χ1n) is 7.21. The summed E-state index contributed by atoms with van der Waals surface area (Å²) in [6.45, 7) is 0. The van der Waals surface area contributed by atoms with Crippen LogP contribution in [0.15, 0.2) is 56.7 Å². The van der Waals surface area contributed by atoms with E-state index in [1.54, 1.807) is 38.4 Å². The van der Waals surface area contributed by atoms with Crippen molar-refractivity contribution in [1.29, 1.82) is 0 Å². The van der Waals surface area contributed by atoms with Crippen molar-refractivity contribution in [2.75, 3.05) is 19.4 Å². The number of nitrogens with one attached hydrogen (secondary N) is 1. The number of para-hydroxylation sites is 1. The van der Waals surface area contributed by atoms with Gasteiger partial charge in [-0.05, 0) is 58.0 Å². The number of hydrogen-bond donors (Lipinski definition) is 2. The summed E-state index contributed by atoms with van der Waals surface area (Å²) < 4.78 is 23.4. The van der Waals surface area contributed by atoms with Gasteiger partial charge >= 0.3 is 0 Å². The zero-order chi connectivity index (χ0) is 19.5. The molecule has 26 heavy (non-hydrogen) atoms. The Balaban J connectivity index is 2.33. The Labute approximate surface area is 164 Å². The summed E-state index contributed by atoms with van der Waals surface area (Å²) in [4.78, 5) is 26.3. The van der Waals surface area contributed by atoms with Crippen molar-refractivity contribution in [3.05, 3.63) is 52.5 Å². The zero-order valence-corrected chi connectivity index (χ0v) is 17.1. The molecular formula is C16H16BrN3O4S2. The van der Waals surface area contributed by atoms with Gasteiger partial charge in [-0.25, -0.2) is 13.6 Å². The highest BCUT2D eigenvalue weighted by molar-refractivity contribution is 9.10. The number of benzene rings is 2.